The fourth-order valence-electron chi connectivity index (χ4n) is 7.39. The van der Waals surface area contributed by atoms with E-state index in [1.165, 1.54) is 0 Å². The number of amides is 1. The van der Waals surface area contributed by atoms with Crippen LogP contribution in [0.25, 0.3) is 5.57 Å². The van der Waals surface area contributed by atoms with E-state index in [1.807, 2.05) is 21.7 Å². The number of hydrogen-bond donors (Lipinski definition) is 6. The van der Waals surface area contributed by atoms with Crippen molar-refractivity contribution in [2.45, 2.75) is 82.4 Å². The lowest BCUT2D eigenvalue weighted by atomic mass is 9.74. The lowest BCUT2D eigenvalue weighted by Gasteiger charge is -2.37. The highest BCUT2D eigenvalue weighted by Crippen LogP contribution is 2.59. The molecular formula is C31H39N7O8. The Morgan fingerprint density at radius 3 is 2.93 bits per heavy atom. The molecule has 46 heavy (non-hydrogen) atoms. The summed E-state index contributed by atoms with van der Waals surface area (Å²) in [4.78, 5) is 32.0. The molecule has 1 aromatic carbocycles. The Balaban J connectivity index is 1.32. The number of methoxy groups -OCH3 is 1. The summed E-state index contributed by atoms with van der Waals surface area (Å²) in [5.41, 5.74) is 7.23. The Kier molecular flexibility index (Phi) is 7.68. The van der Waals surface area contributed by atoms with Crippen LogP contribution in [-0.4, -0.2) is 82.2 Å². The van der Waals surface area contributed by atoms with Gasteiger partial charge < -0.3 is 43.9 Å². The second kappa shape index (κ2) is 11.6. The third-order valence-electron chi connectivity index (χ3n) is 9.43. The Bertz CT molecular complexity index is 1630. The number of ether oxygens (including phenoxy) is 4. The number of carbonyl (C=O) groups is 2. The number of nitrogens with one attached hydrogen (secondary N) is 3. The Morgan fingerprint density at radius 1 is 1.35 bits per heavy atom. The minimum absolute atomic E-state index is 0.0523. The zero-order valence-electron chi connectivity index (χ0n) is 25.9. The van der Waals surface area contributed by atoms with Gasteiger partial charge in [0.05, 0.1) is 43.7 Å². The summed E-state index contributed by atoms with van der Waals surface area (Å²) in [5, 5.41) is 31.0. The second-order valence-electron chi connectivity index (χ2n) is 12.3. The maximum Gasteiger partial charge on any atom is 0.374 e. The van der Waals surface area contributed by atoms with Gasteiger partial charge in [0.25, 0.3) is 0 Å². The third-order valence-corrected chi connectivity index (χ3v) is 9.43. The molecule has 0 spiro atoms. The van der Waals surface area contributed by atoms with Crippen molar-refractivity contribution in [1.82, 2.24) is 25.5 Å². The molecule has 1 aliphatic carbocycles. The van der Waals surface area contributed by atoms with Crippen molar-refractivity contribution < 1.29 is 38.7 Å². The van der Waals surface area contributed by atoms with Gasteiger partial charge in [0.2, 0.25) is 17.6 Å². The van der Waals surface area contributed by atoms with E-state index < -0.39 is 42.8 Å². The number of anilines is 1. The van der Waals surface area contributed by atoms with Gasteiger partial charge in [-0.1, -0.05) is 6.08 Å². The van der Waals surface area contributed by atoms with Crippen LogP contribution in [-0.2, 0) is 27.5 Å². The number of rotatable bonds is 7. The van der Waals surface area contributed by atoms with E-state index >= 15 is 0 Å². The van der Waals surface area contributed by atoms with Gasteiger partial charge in [0, 0.05) is 30.4 Å². The number of imidazole rings is 1. The van der Waals surface area contributed by atoms with Crippen molar-refractivity contribution in [3.63, 3.8) is 0 Å². The summed E-state index contributed by atoms with van der Waals surface area (Å²) < 4.78 is 25.8. The van der Waals surface area contributed by atoms with Crippen LogP contribution >= 0.6 is 0 Å². The molecule has 7 rings (SSSR count). The molecule has 1 aromatic heterocycles. The first kappa shape index (κ1) is 30.5. The minimum atomic E-state index is -1.08. The van der Waals surface area contributed by atoms with E-state index in [0.717, 1.165) is 18.4 Å². The summed E-state index contributed by atoms with van der Waals surface area (Å²) in [6.45, 7) is 3.87. The number of allylic oxidation sites excluding steroid dienone is 3. The average molecular weight is 638 g/mol. The molecule has 246 valence electrons. The molecule has 7 N–H and O–H groups in total. The van der Waals surface area contributed by atoms with Crippen molar-refractivity contribution in [3.8, 4) is 17.2 Å². The van der Waals surface area contributed by atoms with Crippen LogP contribution in [0.2, 0.25) is 0 Å². The van der Waals surface area contributed by atoms with Gasteiger partial charge in [-0.3, -0.25) is 21.2 Å². The number of fused-ring (bicyclic) bond motifs is 5. The summed E-state index contributed by atoms with van der Waals surface area (Å²) in [5.74, 6) is 0.682. The largest absolute Gasteiger partial charge is 0.496 e. The van der Waals surface area contributed by atoms with Crippen molar-refractivity contribution in [2.24, 2.45) is 5.73 Å². The van der Waals surface area contributed by atoms with Crippen molar-refractivity contribution in [3.05, 3.63) is 47.0 Å². The Labute approximate surface area is 265 Å². The minimum Gasteiger partial charge on any atom is -0.496 e. The average Bonchev–Trinajstić information content (AvgIpc) is 3.76. The molecule has 15 heteroatoms. The molecular weight excluding hydrogens is 598 g/mol. The molecule has 0 bridgehead atoms. The lowest BCUT2D eigenvalue weighted by Crippen LogP contribution is -2.70. The van der Waals surface area contributed by atoms with Crippen molar-refractivity contribution in [1.29, 1.82) is 0 Å². The van der Waals surface area contributed by atoms with E-state index in [9.17, 15) is 19.8 Å². The summed E-state index contributed by atoms with van der Waals surface area (Å²) >= 11 is 0. The molecule has 5 aliphatic rings. The monoisotopic (exact) mass is 637 g/mol. The molecule has 3 fully saturated rings. The molecule has 1 amide bonds. The maximum absolute atomic E-state index is 13.0. The van der Waals surface area contributed by atoms with Crippen LogP contribution in [0.1, 0.15) is 55.7 Å². The molecule has 2 saturated heterocycles. The predicted molar refractivity (Wildman–Crippen MR) is 163 cm³/mol. The van der Waals surface area contributed by atoms with Crippen LogP contribution in [0.15, 0.2) is 30.3 Å². The van der Waals surface area contributed by atoms with Crippen molar-refractivity contribution >= 4 is 23.4 Å². The fourth-order valence-corrected chi connectivity index (χ4v) is 7.39. The van der Waals surface area contributed by atoms with Gasteiger partial charge in [-0.15, -0.1) is 0 Å². The van der Waals surface area contributed by atoms with E-state index in [-0.39, 0.29) is 29.9 Å². The Hall–Kier alpha value is -4.15. The molecule has 1 saturated carbocycles. The number of esters is 1. The smallest absolute Gasteiger partial charge is 0.374 e. The highest BCUT2D eigenvalue weighted by atomic mass is 16.6. The van der Waals surface area contributed by atoms with Gasteiger partial charge in [-0.25, -0.2) is 9.78 Å². The standard InChI is InChI=1S/C31H39N7O8/c1-4-44-28(41)18-12-15(7-10-37-11-9-33-30(37)38-14-34-21-26(38)35-29(32)36-27(21)40)19-22(45-18)17(13-39)23-20(24(19)43-3)16-6-5-8-31(2,42)25(16)46-23/h7,9,11-12,16,21,25-26,29,34-35,39,42H,4-6,8,10,13-14,32H2,1-3H3,(H,36,40). The molecule has 6 unspecified atom stereocenters. The number of aliphatic hydroxyl groups excluding tert-OH is 1. The molecule has 15 nitrogen and oxygen atoms in total. The molecule has 5 heterocycles. The number of aliphatic hydroxyl groups is 2. The van der Waals surface area contributed by atoms with E-state index in [4.69, 9.17) is 24.7 Å². The number of aromatic nitrogens is 2. The summed E-state index contributed by atoms with van der Waals surface area (Å²) in [6.07, 6.45) is 7.54. The number of nitrogens with two attached hydrogens (primary N) is 1. The van der Waals surface area contributed by atoms with Crippen LogP contribution in [0.3, 0.4) is 0 Å². The highest BCUT2D eigenvalue weighted by Gasteiger charge is 2.52. The number of hydrogen-bond acceptors (Lipinski definition) is 13. The highest BCUT2D eigenvalue weighted by molar-refractivity contribution is 5.96. The number of benzene rings is 1. The van der Waals surface area contributed by atoms with E-state index in [2.05, 4.69) is 20.9 Å². The lowest BCUT2D eigenvalue weighted by molar-refractivity contribution is -0.141. The predicted octanol–water partition coefficient (Wildman–Crippen LogP) is 0.110. The first-order chi connectivity index (χ1) is 22.2. The molecule has 2 aromatic rings. The first-order valence-electron chi connectivity index (χ1n) is 15.5. The first-order valence-corrected chi connectivity index (χ1v) is 15.5. The normalized spacial score (nSPS) is 30.3. The van der Waals surface area contributed by atoms with Crippen molar-refractivity contribution in [2.75, 3.05) is 25.3 Å². The third kappa shape index (κ3) is 4.81. The van der Waals surface area contributed by atoms with Gasteiger partial charge in [0.1, 0.15) is 41.8 Å². The SMILES string of the molecule is CCOC(=O)C1=CC(=CCn2ccnc2N2CNC3C(=O)NC(N)NC32)c2c(c(CO)c3c(c2OC)C2CCCC(C)(O)C2O3)O1. The molecule has 0 radical (unpaired) electrons. The molecule has 4 aliphatic heterocycles. The maximum atomic E-state index is 13.0. The van der Waals surface area contributed by atoms with E-state index in [1.54, 1.807) is 33.2 Å². The molecule has 6 atom stereocenters. The van der Waals surface area contributed by atoms with Gasteiger partial charge in [-0.2, -0.15) is 0 Å². The van der Waals surface area contributed by atoms with Crippen LogP contribution in [0.4, 0.5) is 5.95 Å². The van der Waals surface area contributed by atoms with Crippen LogP contribution in [0.5, 0.6) is 17.2 Å². The summed E-state index contributed by atoms with van der Waals surface area (Å²) in [7, 11) is 1.56. The zero-order valence-corrected chi connectivity index (χ0v) is 25.9. The van der Waals surface area contributed by atoms with Crippen LogP contribution in [0, 0.1) is 0 Å². The van der Waals surface area contributed by atoms with E-state index in [0.29, 0.717) is 53.8 Å². The van der Waals surface area contributed by atoms with Gasteiger partial charge in [-0.05, 0) is 44.8 Å². The fraction of sp³-hybridized carbons (Fsp3) is 0.516. The quantitative estimate of drug-likeness (QED) is 0.224. The number of carbonyl (C=O) groups excluding carboxylic acids is 2. The second-order valence-corrected chi connectivity index (χ2v) is 12.3. The topological polar surface area (TPSA) is 195 Å². The zero-order chi connectivity index (χ0) is 32.3. The summed E-state index contributed by atoms with van der Waals surface area (Å²) in [6, 6.07) is -0.504. The van der Waals surface area contributed by atoms with Gasteiger partial charge >= 0.3 is 5.97 Å². The van der Waals surface area contributed by atoms with Gasteiger partial charge in [0.15, 0.2) is 0 Å². The number of nitrogens with zero attached hydrogens (tertiary/aromatic N) is 3. The van der Waals surface area contributed by atoms with Crippen LogP contribution < -0.4 is 40.8 Å². The Morgan fingerprint density at radius 2 is 2.17 bits per heavy atom.